The number of rotatable bonds is 4. The molecule has 0 unspecified atom stereocenters. The molecule has 0 bridgehead atoms. The van der Waals surface area contributed by atoms with E-state index in [9.17, 15) is 17.6 Å². The van der Waals surface area contributed by atoms with Gasteiger partial charge in [0.1, 0.15) is 16.7 Å². The van der Waals surface area contributed by atoms with E-state index in [1.165, 1.54) is 30.3 Å². The zero-order chi connectivity index (χ0) is 15.5. The van der Waals surface area contributed by atoms with Crippen LogP contribution in [0.1, 0.15) is 12.7 Å². The highest BCUT2D eigenvalue weighted by atomic mass is 32.2. The quantitative estimate of drug-likeness (QED) is 0.677. The molecule has 0 aliphatic heterocycles. The van der Waals surface area contributed by atoms with Crippen molar-refractivity contribution in [1.29, 1.82) is 0 Å². The smallest absolute Gasteiger partial charge is 0.370 e. The molecule has 3 nitrogen and oxygen atoms in total. The minimum atomic E-state index is -4.62. The zero-order valence-electron chi connectivity index (χ0n) is 10.9. The molecule has 0 spiro atoms. The number of alkyl halides is 3. The molecule has 0 fully saturated rings. The molecule has 2 rings (SSSR count). The first-order chi connectivity index (χ1) is 9.88. The summed E-state index contributed by atoms with van der Waals surface area (Å²) in [6.07, 6.45) is -4.62. The lowest BCUT2D eigenvalue weighted by molar-refractivity contribution is -0.145. The second-order valence-electron chi connectivity index (χ2n) is 4.00. The van der Waals surface area contributed by atoms with Crippen LogP contribution in [0.4, 0.5) is 23.4 Å². The van der Waals surface area contributed by atoms with Crippen molar-refractivity contribution >= 4 is 17.6 Å². The molecule has 112 valence electrons. The van der Waals surface area contributed by atoms with E-state index in [2.05, 4.69) is 15.3 Å². The maximum atomic E-state index is 12.8. The Labute approximate surface area is 122 Å². The molecular formula is C13H11F4N3S. The fourth-order valence-corrected chi connectivity index (χ4v) is 2.32. The molecule has 0 saturated carbocycles. The Morgan fingerprint density at radius 2 is 1.81 bits per heavy atom. The van der Waals surface area contributed by atoms with Gasteiger partial charge in [0.25, 0.3) is 0 Å². The fourth-order valence-electron chi connectivity index (χ4n) is 1.50. The van der Waals surface area contributed by atoms with E-state index in [0.717, 1.165) is 11.8 Å². The Morgan fingerprint density at radius 3 is 2.38 bits per heavy atom. The Balaban J connectivity index is 2.33. The van der Waals surface area contributed by atoms with Crippen LogP contribution in [0.25, 0.3) is 0 Å². The summed E-state index contributed by atoms with van der Waals surface area (Å²) in [7, 11) is 0. The number of anilines is 1. The van der Waals surface area contributed by atoms with Gasteiger partial charge in [-0.3, -0.25) is 0 Å². The minimum Gasteiger partial charge on any atom is -0.370 e. The molecule has 0 radical (unpaired) electrons. The van der Waals surface area contributed by atoms with Crippen molar-refractivity contribution in [3.8, 4) is 0 Å². The van der Waals surface area contributed by atoms with Crippen LogP contribution < -0.4 is 5.32 Å². The summed E-state index contributed by atoms with van der Waals surface area (Å²) in [5, 5.41) is 2.87. The van der Waals surface area contributed by atoms with Gasteiger partial charge in [0, 0.05) is 17.5 Å². The number of hydrogen-bond donors (Lipinski definition) is 1. The van der Waals surface area contributed by atoms with Gasteiger partial charge in [0.05, 0.1) is 0 Å². The van der Waals surface area contributed by atoms with Gasteiger partial charge in [-0.1, -0.05) is 11.8 Å². The van der Waals surface area contributed by atoms with Crippen LogP contribution in [0.15, 0.2) is 40.3 Å². The highest BCUT2D eigenvalue weighted by Crippen LogP contribution is 2.32. The predicted octanol–water partition coefficient (Wildman–Crippen LogP) is 4.22. The Kier molecular flexibility index (Phi) is 4.66. The van der Waals surface area contributed by atoms with Gasteiger partial charge in [0.2, 0.25) is 5.82 Å². The van der Waals surface area contributed by atoms with Crippen molar-refractivity contribution in [3.05, 3.63) is 42.0 Å². The lowest BCUT2D eigenvalue weighted by Gasteiger charge is -2.10. The van der Waals surface area contributed by atoms with Crippen LogP contribution in [0.3, 0.4) is 0 Å². The van der Waals surface area contributed by atoms with E-state index in [0.29, 0.717) is 11.4 Å². The molecule has 0 amide bonds. The second-order valence-corrected chi connectivity index (χ2v) is 5.09. The summed E-state index contributed by atoms with van der Waals surface area (Å²) in [6, 6.07) is 6.84. The summed E-state index contributed by atoms with van der Waals surface area (Å²) in [4.78, 5) is 7.52. The number of halogens is 4. The van der Waals surface area contributed by atoms with Crippen molar-refractivity contribution in [2.24, 2.45) is 0 Å². The monoisotopic (exact) mass is 317 g/mol. The number of hydrogen-bond acceptors (Lipinski definition) is 4. The Hall–Kier alpha value is -1.83. The molecule has 1 aromatic heterocycles. The number of aromatic nitrogens is 2. The minimum absolute atomic E-state index is 0.101. The van der Waals surface area contributed by atoms with Gasteiger partial charge in [0.15, 0.2) is 0 Å². The van der Waals surface area contributed by atoms with Gasteiger partial charge in [-0.05, 0) is 31.2 Å². The zero-order valence-corrected chi connectivity index (χ0v) is 11.7. The molecule has 1 heterocycles. The molecule has 2 aromatic rings. The molecule has 21 heavy (non-hydrogen) atoms. The Bertz CT molecular complexity index is 614. The molecule has 8 heteroatoms. The van der Waals surface area contributed by atoms with E-state index >= 15 is 0 Å². The average Bonchev–Trinajstić information content (AvgIpc) is 2.41. The molecule has 1 N–H and O–H groups in total. The van der Waals surface area contributed by atoms with Gasteiger partial charge in [-0.2, -0.15) is 13.2 Å². The number of nitrogens with one attached hydrogen (secondary N) is 1. The average molecular weight is 317 g/mol. The number of benzene rings is 1. The van der Waals surface area contributed by atoms with Crippen LogP contribution >= 0.6 is 11.8 Å². The van der Waals surface area contributed by atoms with Gasteiger partial charge >= 0.3 is 6.18 Å². The van der Waals surface area contributed by atoms with Crippen LogP contribution in [0.5, 0.6) is 0 Å². The van der Waals surface area contributed by atoms with Crippen molar-refractivity contribution in [1.82, 2.24) is 9.97 Å². The molecule has 0 atom stereocenters. The Morgan fingerprint density at radius 1 is 1.14 bits per heavy atom. The van der Waals surface area contributed by atoms with E-state index in [1.54, 1.807) is 6.92 Å². The highest BCUT2D eigenvalue weighted by Gasteiger charge is 2.35. The molecular weight excluding hydrogens is 306 g/mol. The summed E-state index contributed by atoms with van der Waals surface area (Å²) in [5.74, 6) is -1.51. The van der Waals surface area contributed by atoms with Crippen LogP contribution in [-0.4, -0.2) is 16.5 Å². The first-order valence-corrected chi connectivity index (χ1v) is 6.83. The summed E-state index contributed by atoms with van der Waals surface area (Å²) in [6.45, 7) is 2.19. The fraction of sp³-hybridized carbons (Fsp3) is 0.231. The maximum absolute atomic E-state index is 12.8. The van der Waals surface area contributed by atoms with Crippen molar-refractivity contribution in [3.63, 3.8) is 0 Å². The summed E-state index contributed by atoms with van der Waals surface area (Å²) >= 11 is 1.01. The molecule has 0 aliphatic carbocycles. The third-order valence-electron chi connectivity index (χ3n) is 2.35. The largest absolute Gasteiger partial charge is 0.451 e. The lowest BCUT2D eigenvalue weighted by atomic mass is 10.4. The van der Waals surface area contributed by atoms with E-state index in [-0.39, 0.29) is 10.8 Å². The first-order valence-electron chi connectivity index (χ1n) is 6.02. The summed E-state index contributed by atoms with van der Waals surface area (Å²) in [5.41, 5.74) is 0. The topological polar surface area (TPSA) is 37.8 Å². The normalized spacial score (nSPS) is 11.5. The predicted molar refractivity (Wildman–Crippen MR) is 71.7 cm³/mol. The van der Waals surface area contributed by atoms with E-state index < -0.39 is 17.8 Å². The van der Waals surface area contributed by atoms with Gasteiger partial charge < -0.3 is 5.32 Å². The first kappa shape index (κ1) is 15.6. The lowest BCUT2D eigenvalue weighted by Crippen LogP contribution is -2.13. The summed E-state index contributed by atoms with van der Waals surface area (Å²) < 4.78 is 51.1. The van der Waals surface area contributed by atoms with Crippen LogP contribution in [0, 0.1) is 5.82 Å². The van der Waals surface area contributed by atoms with E-state index in [1.807, 2.05) is 0 Å². The third-order valence-corrected chi connectivity index (χ3v) is 3.28. The molecule has 1 aromatic carbocycles. The van der Waals surface area contributed by atoms with Crippen LogP contribution in [-0.2, 0) is 6.18 Å². The van der Waals surface area contributed by atoms with E-state index in [4.69, 9.17) is 0 Å². The second kappa shape index (κ2) is 6.30. The standard InChI is InChI=1S/C13H11F4N3S/c1-2-18-10-7-11(20-12(19-10)13(15,16)17)21-9-5-3-8(14)4-6-9/h3-7H,2H2,1H3,(H,18,19,20). The maximum Gasteiger partial charge on any atom is 0.451 e. The van der Waals surface area contributed by atoms with Crippen molar-refractivity contribution in [2.45, 2.75) is 23.0 Å². The van der Waals surface area contributed by atoms with Gasteiger partial charge in [-0.25, -0.2) is 14.4 Å². The molecule has 0 aliphatic rings. The highest BCUT2D eigenvalue weighted by molar-refractivity contribution is 7.99. The van der Waals surface area contributed by atoms with Crippen molar-refractivity contribution < 1.29 is 17.6 Å². The molecule has 0 saturated heterocycles. The van der Waals surface area contributed by atoms with Crippen molar-refractivity contribution in [2.75, 3.05) is 11.9 Å². The number of nitrogens with zero attached hydrogens (tertiary/aromatic N) is 2. The van der Waals surface area contributed by atoms with Gasteiger partial charge in [-0.15, -0.1) is 0 Å². The van der Waals surface area contributed by atoms with Crippen LogP contribution in [0.2, 0.25) is 0 Å². The SMILES string of the molecule is CCNc1cc(Sc2ccc(F)cc2)nc(C(F)(F)F)n1. The third kappa shape index (κ3) is 4.32.